The van der Waals surface area contributed by atoms with Crippen molar-refractivity contribution < 1.29 is 4.57 Å². The van der Waals surface area contributed by atoms with Crippen LogP contribution in [-0.4, -0.2) is 22.8 Å². The van der Waals surface area contributed by atoms with Gasteiger partial charge in [0.25, 0.3) is 0 Å². The van der Waals surface area contributed by atoms with Gasteiger partial charge in [0.1, 0.15) is 18.6 Å². The van der Waals surface area contributed by atoms with Crippen LogP contribution in [0.15, 0.2) is 42.7 Å². The molecule has 4 nitrogen and oxygen atoms in total. The summed E-state index contributed by atoms with van der Waals surface area (Å²) in [5.74, 6) is 0.774. The van der Waals surface area contributed by atoms with Gasteiger partial charge in [-0.2, -0.15) is 0 Å². The van der Waals surface area contributed by atoms with Crippen LogP contribution in [0.4, 0.5) is 11.5 Å². The summed E-state index contributed by atoms with van der Waals surface area (Å²) in [6.45, 7) is 9.57. The summed E-state index contributed by atoms with van der Waals surface area (Å²) in [6.07, 6.45) is 4.26. The molecule has 21 heavy (non-hydrogen) atoms. The van der Waals surface area contributed by atoms with E-state index in [0.29, 0.717) is 0 Å². The van der Waals surface area contributed by atoms with Crippen molar-refractivity contribution in [2.45, 2.75) is 27.7 Å². The molecule has 0 saturated heterocycles. The molecule has 1 atom stereocenters. The summed E-state index contributed by atoms with van der Waals surface area (Å²) in [7, 11) is -0.848. The first-order valence-electron chi connectivity index (χ1n) is 7.10. The Morgan fingerprint density at radius 1 is 1.14 bits per heavy atom. The Bertz CT molecular complexity index is 518. The first kappa shape index (κ1) is 19.2. The topological polar surface area (TPSA) is 54.9 Å². The molecule has 1 N–H and O–H groups in total. The fourth-order valence-corrected chi connectivity index (χ4v) is 1.19. The molecule has 0 aliphatic rings. The van der Waals surface area contributed by atoms with Gasteiger partial charge in [0.2, 0.25) is 0 Å². The molecule has 0 fully saturated rings. The van der Waals surface area contributed by atoms with Gasteiger partial charge in [-0.15, -0.1) is 0 Å². The number of rotatable bonds is 3. The number of hydrogen-bond donors (Lipinski definition) is 1. The molecule has 5 heteroatoms. The average Bonchev–Trinajstić information content (AvgIpc) is 2.51. The largest absolute Gasteiger partial charge is 0.339 e. The lowest BCUT2D eigenvalue weighted by Crippen LogP contribution is -1.95. The molecule has 0 amide bonds. The predicted molar refractivity (Wildman–Crippen MR) is 91.9 cm³/mol. The van der Waals surface area contributed by atoms with Crippen LogP contribution in [-0.2, 0) is 4.57 Å². The molecule has 1 aromatic carbocycles. The number of benzene rings is 1. The minimum Gasteiger partial charge on any atom is -0.339 e. The lowest BCUT2D eigenvalue weighted by Gasteiger charge is -2.04. The third-order valence-corrected chi connectivity index (χ3v) is 3.14. The van der Waals surface area contributed by atoms with E-state index >= 15 is 0 Å². The van der Waals surface area contributed by atoms with E-state index in [1.54, 1.807) is 19.1 Å². The monoisotopic (exact) mass is 306 g/mol. The highest BCUT2D eigenvalue weighted by Gasteiger charge is 1.95. The molecule has 2 rings (SSSR count). The number of para-hydroxylation sites is 1. The number of nitrogens with zero attached hydrogens (tertiary/aromatic N) is 2. The van der Waals surface area contributed by atoms with Crippen molar-refractivity contribution in [2.24, 2.45) is 0 Å². The fraction of sp³-hybridized carbons (Fsp3) is 0.375. The first-order valence-corrected chi connectivity index (χ1v) is 9.00. The average molecular weight is 306 g/mol. The number of aryl methyl sites for hydroxylation is 1. The van der Waals surface area contributed by atoms with Crippen molar-refractivity contribution in [3.63, 3.8) is 0 Å². The zero-order valence-electron chi connectivity index (χ0n) is 13.5. The lowest BCUT2D eigenvalue weighted by molar-refractivity contribution is 0.592. The van der Waals surface area contributed by atoms with Crippen molar-refractivity contribution in [1.29, 1.82) is 0 Å². The smallest absolute Gasteiger partial charge is 0.335 e. The molecule has 2 aromatic rings. The van der Waals surface area contributed by atoms with E-state index < -0.39 is 7.80 Å². The van der Waals surface area contributed by atoms with Gasteiger partial charge in [-0.3, -0.25) is 4.98 Å². The maximum absolute atomic E-state index is 9.96. The highest BCUT2D eigenvalue weighted by molar-refractivity contribution is 7.43. The molecule has 0 radical (unpaired) electrons. The van der Waals surface area contributed by atoms with Crippen molar-refractivity contribution in [2.75, 3.05) is 18.1 Å². The Balaban J connectivity index is 0.000000489. The molecule has 0 saturated carbocycles. The predicted octanol–water partition coefficient (Wildman–Crippen LogP) is 5.02. The van der Waals surface area contributed by atoms with Crippen LogP contribution in [0.3, 0.4) is 0 Å². The van der Waals surface area contributed by atoms with Gasteiger partial charge in [-0.05, 0) is 26.0 Å². The number of aromatic nitrogens is 2. The molecule has 1 aromatic heterocycles. The third kappa shape index (κ3) is 9.69. The number of hydrogen-bond acceptors (Lipinski definition) is 4. The Morgan fingerprint density at radius 2 is 1.71 bits per heavy atom. The van der Waals surface area contributed by atoms with Crippen LogP contribution in [0, 0.1) is 6.92 Å². The van der Waals surface area contributed by atoms with Crippen molar-refractivity contribution in [1.82, 2.24) is 9.97 Å². The third-order valence-electron chi connectivity index (χ3n) is 2.25. The SMILES string of the molecule is CC.CC[P+](C)=O.Cc1cncc(Nc2ccccc2)n1. The van der Waals surface area contributed by atoms with E-state index in [-0.39, 0.29) is 0 Å². The van der Waals surface area contributed by atoms with Crippen molar-refractivity contribution in [3.05, 3.63) is 48.4 Å². The summed E-state index contributed by atoms with van der Waals surface area (Å²) in [5, 5.41) is 3.17. The standard InChI is InChI=1S/C11H11N3.C3H8OP.C2H6/c1-9-7-12-8-11(13-9)14-10-5-3-2-4-6-10;1-3-5(2)4;1-2/h2-8H,1H3,(H,13,14);3H2,1-2H3;1-2H3/q;+1;. The van der Waals surface area contributed by atoms with E-state index in [9.17, 15) is 4.57 Å². The second-order valence-electron chi connectivity index (χ2n) is 3.98. The maximum Gasteiger partial charge on any atom is 0.335 e. The summed E-state index contributed by atoms with van der Waals surface area (Å²) < 4.78 is 9.96. The summed E-state index contributed by atoms with van der Waals surface area (Å²) in [5.41, 5.74) is 1.93. The van der Waals surface area contributed by atoms with Crippen molar-refractivity contribution in [3.8, 4) is 0 Å². The summed E-state index contributed by atoms with van der Waals surface area (Å²) >= 11 is 0. The van der Waals surface area contributed by atoms with Crippen LogP contribution < -0.4 is 5.32 Å². The van der Waals surface area contributed by atoms with Crippen LogP contribution in [0.25, 0.3) is 0 Å². The Morgan fingerprint density at radius 3 is 2.19 bits per heavy atom. The van der Waals surface area contributed by atoms with E-state index in [2.05, 4.69) is 15.3 Å². The minimum atomic E-state index is -0.848. The van der Waals surface area contributed by atoms with E-state index in [1.165, 1.54) is 0 Å². The molecule has 114 valence electrons. The summed E-state index contributed by atoms with van der Waals surface area (Å²) in [4.78, 5) is 8.35. The van der Waals surface area contributed by atoms with Gasteiger partial charge in [0, 0.05) is 11.9 Å². The second kappa shape index (κ2) is 12.0. The molecular weight excluding hydrogens is 281 g/mol. The Hall–Kier alpha value is -1.80. The van der Waals surface area contributed by atoms with Crippen LogP contribution in [0.2, 0.25) is 0 Å². The minimum absolute atomic E-state index is 0.774. The normalized spacial score (nSPS) is 9.48. The highest BCUT2D eigenvalue weighted by atomic mass is 31.1. The number of nitrogens with one attached hydrogen (secondary N) is 1. The van der Waals surface area contributed by atoms with E-state index in [4.69, 9.17) is 0 Å². The van der Waals surface area contributed by atoms with Crippen LogP contribution >= 0.6 is 7.80 Å². The molecule has 0 aliphatic carbocycles. The van der Waals surface area contributed by atoms with Gasteiger partial charge in [0.15, 0.2) is 0 Å². The number of anilines is 2. The van der Waals surface area contributed by atoms with Gasteiger partial charge in [-0.25, -0.2) is 4.98 Å². The molecule has 1 heterocycles. The van der Waals surface area contributed by atoms with Gasteiger partial charge >= 0.3 is 7.80 Å². The van der Waals surface area contributed by atoms with Crippen LogP contribution in [0.5, 0.6) is 0 Å². The maximum atomic E-state index is 9.96. The van der Waals surface area contributed by atoms with E-state index in [1.807, 2.05) is 58.0 Å². The molecule has 1 unspecified atom stereocenters. The zero-order chi connectivity index (χ0) is 16.1. The lowest BCUT2D eigenvalue weighted by atomic mass is 10.3. The molecule has 0 bridgehead atoms. The first-order chi connectivity index (χ1) is 10.1. The zero-order valence-corrected chi connectivity index (χ0v) is 14.4. The highest BCUT2D eigenvalue weighted by Crippen LogP contribution is 2.12. The summed E-state index contributed by atoms with van der Waals surface area (Å²) in [6, 6.07) is 9.91. The Kier molecular flexibility index (Phi) is 11.0. The second-order valence-corrected chi connectivity index (χ2v) is 5.87. The van der Waals surface area contributed by atoms with E-state index in [0.717, 1.165) is 23.4 Å². The Labute approximate surface area is 128 Å². The fourth-order valence-electron chi connectivity index (χ4n) is 1.19. The van der Waals surface area contributed by atoms with Crippen LogP contribution in [0.1, 0.15) is 26.5 Å². The quantitative estimate of drug-likeness (QED) is 0.809. The van der Waals surface area contributed by atoms with Gasteiger partial charge in [-0.1, -0.05) is 36.6 Å². The van der Waals surface area contributed by atoms with Gasteiger partial charge in [0.05, 0.1) is 11.9 Å². The molecule has 0 spiro atoms. The molecule has 0 aliphatic heterocycles. The van der Waals surface area contributed by atoms with Gasteiger partial charge < -0.3 is 5.32 Å². The molecular formula is C16H25N3OP+. The van der Waals surface area contributed by atoms with Crippen molar-refractivity contribution >= 4 is 19.3 Å².